The van der Waals surface area contributed by atoms with Gasteiger partial charge >= 0.3 is 5.97 Å². The van der Waals surface area contributed by atoms with E-state index >= 15 is 0 Å². The number of aliphatic carboxylic acids is 1. The third-order valence-electron chi connectivity index (χ3n) is 2.87. The molecule has 1 heterocycles. The molecule has 2 aromatic rings. The van der Waals surface area contributed by atoms with Crippen molar-refractivity contribution < 1.29 is 18.7 Å². The molecule has 0 fully saturated rings. The number of carbonyl (C=O) groups is 1. The van der Waals surface area contributed by atoms with Gasteiger partial charge in [-0.3, -0.25) is 4.79 Å². The van der Waals surface area contributed by atoms with Crippen LogP contribution in [0.3, 0.4) is 0 Å². The Kier molecular flexibility index (Phi) is 3.74. The van der Waals surface area contributed by atoms with E-state index in [2.05, 4.69) is 9.97 Å². The lowest BCUT2D eigenvalue weighted by Gasteiger charge is -2.09. The molecule has 2 rings (SSSR count). The quantitative estimate of drug-likeness (QED) is 0.937. The van der Waals surface area contributed by atoms with Crippen LogP contribution in [0.4, 0.5) is 8.78 Å². The molecule has 0 amide bonds. The average molecular weight is 278 g/mol. The molecule has 0 aliphatic carbocycles. The van der Waals surface area contributed by atoms with Gasteiger partial charge in [-0.2, -0.15) is 0 Å². The van der Waals surface area contributed by atoms with Crippen molar-refractivity contribution in [2.45, 2.75) is 20.3 Å². The Labute approximate surface area is 114 Å². The molecule has 0 radical (unpaired) electrons. The van der Waals surface area contributed by atoms with Crippen molar-refractivity contribution in [1.82, 2.24) is 9.97 Å². The van der Waals surface area contributed by atoms with Crippen LogP contribution in [0.25, 0.3) is 11.4 Å². The SMILES string of the molecule is Cc1nc(-c2cc(F)cc(F)c2)nc(C)c1CC(=O)O. The standard InChI is InChI=1S/C14H12F2N2O2/c1-7-12(6-13(19)20)8(2)18-14(17-7)9-3-10(15)5-11(16)4-9/h3-5H,6H2,1-2H3,(H,19,20). The molecule has 0 bridgehead atoms. The van der Waals surface area contributed by atoms with E-state index in [-0.39, 0.29) is 17.8 Å². The van der Waals surface area contributed by atoms with E-state index in [1.54, 1.807) is 13.8 Å². The largest absolute Gasteiger partial charge is 0.481 e. The number of rotatable bonds is 3. The van der Waals surface area contributed by atoms with Gasteiger partial charge in [0.2, 0.25) is 0 Å². The zero-order valence-corrected chi connectivity index (χ0v) is 10.9. The Balaban J connectivity index is 2.51. The van der Waals surface area contributed by atoms with Crippen molar-refractivity contribution in [3.63, 3.8) is 0 Å². The van der Waals surface area contributed by atoms with E-state index in [4.69, 9.17) is 5.11 Å². The molecule has 0 atom stereocenters. The van der Waals surface area contributed by atoms with Gasteiger partial charge in [0.05, 0.1) is 6.42 Å². The Morgan fingerprint density at radius 3 is 2.05 bits per heavy atom. The first-order valence-electron chi connectivity index (χ1n) is 5.89. The highest BCUT2D eigenvalue weighted by atomic mass is 19.1. The maximum absolute atomic E-state index is 13.2. The molecule has 1 aromatic carbocycles. The Morgan fingerprint density at radius 1 is 1.10 bits per heavy atom. The Bertz CT molecular complexity index is 644. The van der Waals surface area contributed by atoms with Gasteiger partial charge in [0.15, 0.2) is 5.82 Å². The minimum atomic E-state index is -0.982. The predicted octanol–water partition coefficient (Wildman–Crippen LogP) is 2.67. The van der Waals surface area contributed by atoms with Crippen LogP contribution < -0.4 is 0 Å². The van der Waals surface area contributed by atoms with Crippen molar-refractivity contribution in [3.8, 4) is 11.4 Å². The van der Waals surface area contributed by atoms with Crippen LogP contribution in [-0.2, 0) is 11.2 Å². The summed E-state index contributed by atoms with van der Waals surface area (Å²) in [5, 5.41) is 8.82. The van der Waals surface area contributed by atoms with Crippen LogP contribution in [-0.4, -0.2) is 21.0 Å². The minimum Gasteiger partial charge on any atom is -0.481 e. The van der Waals surface area contributed by atoms with Crippen molar-refractivity contribution >= 4 is 5.97 Å². The van der Waals surface area contributed by atoms with Crippen LogP contribution >= 0.6 is 0 Å². The highest BCUT2D eigenvalue weighted by molar-refractivity contribution is 5.71. The number of aryl methyl sites for hydroxylation is 2. The molecule has 0 unspecified atom stereocenters. The first kappa shape index (κ1) is 14.0. The van der Waals surface area contributed by atoms with Crippen LogP contribution in [0.5, 0.6) is 0 Å². The van der Waals surface area contributed by atoms with Crippen LogP contribution in [0.15, 0.2) is 18.2 Å². The van der Waals surface area contributed by atoms with Gasteiger partial charge in [0.25, 0.3) is 0 Å². The number of aromatic nitrogens is 2. The summed E-state index contributed by atoms with van der Waals surface area (Å²) >= 11 is 0. The number of nitrogens with zero attached hydrogens (tertiary/aromatic N) is 2. The summed E-state index contributed by atoms with van der Waals surface area (Å²) in [5.41, 5.74) is 1.70. The molecule has 0 spiro atoms. The number of benzene rings is 1. The highest BCUT2D eigenvalue weighted by Gasteiger charge is 2.13. The molecular weight excluding hydrogens is 266 g/mol. The number of hydrogen-bond acceptors (Lipinski definition) is 3. The van der Waals surface area contributed by atoms with Crippen molar-refractivity contribution in [3.05, 3.63) is 46.8 Å². The fourth-order valence-electron chi connectivity index (χ4n) is 1.96. The fourth-order valence-corrected chi connectivity index (χ4v) is 1.96. The lowest BCUT2D eigenvalue weighted by molar-refractivity contribution is -0.136. The van der Waals surface area contributed by atoms with Crippen molar-refractivity contribution in [2.24, 2.45) is 0 Å². The van der Waals surface area contributed by atoms with Gasteiger partial charge in [0, 0.05) is 28.6 Å². The summed E-state index contributed by atoms with van der Waals surface area (Å²) in [7, 11) is 0. The molecule has 104 valence electrons. The van der Waals surface area contributed by atoms with Gasteiger partial charge in [-0.05, 0) is 26.0 Å². The van der Waals surface area contributed by atoms with E-state index in [0.717, 1.165) is 18.2 Å². The zero-order chi connectivity index (χ0) is 14.9. The number of carboxylic acids is 1. The van der Waals surface area contributed by atoms with Gasteiger partial charge in [-0.15, -0.1) is 0 Å². The first-order valence-corrected chi connectivity index (χ1v) is 5.89. The van der Waals surface area contributed by atoms with Crippen LogP contribution in [0.2, 0.25) is 0 Å². The molecule has 0 aliphatic heterocycles. The first-order chi connectivity index (χ1) is 9.36. The Hall–Kier alpha value is -2.37. The topological polar surface area (TPSA) is 63.1 Å². The monoisotopic (exact) mass is 278 g/mol. The third-order valence-corrected chi connectivity index (χ3v) is 2.87. The summed E-state index contributed by atoms with van der Waals surface area (Å²) in [5.74, 6) is -2.24. The molecule has 0 saturated heterocycles. The van der Waals surface area contributed by atoms with E-state index in [9.17, 15) is 13.6 Å². The molecule has 4 nitrogen and oxygen atoms in total. The average Bonchev–Trinajstić information content (AvgIpc) is 2.32. The maximum atomic E-state index is 13.2. The van der Waals surface area contributed by atoms with E-state index in [0.29, 0.717) is 17.0 Å². The lowest BCUT2D eigenvalue weighted by atomic mass is 10.1. The summed E-state index contributed by atoms with van der Waals surface area (Å²) in [6.45, 7) is 3.29. The number of halogens is 2. The van der Waals surface area contributed by atoms with E-state index < -0.39 is 17.6 Å². The summed E-state index contributed by atoms with van der Waals surface area (Å²) in [4.78, 5) is 19.0. The summed E-state index contributed by atoms with van der Waals surface area (Å²) < 4.78 is 26.4. The third kappa shape index (κ3) is 2.96. The summed E-state index contributed by atoms with van der Waals surface area (Å²) in [6, 6.07) is 3.03. The Morgan fingerprint density at radius 2 is 1.60 bits per heavy atom. The zero-order valence-electron chi connectivity index (χ0n) is 10.9. The van der Waals surface area contributed by atoms with Crippen LogP contribution in [0.1, 0.15) is 17.0 Å². The van der Waals surface area contributed by atoms with Gasteiger partial charge in [-0.25, -0.2) is 18.7 Å². The predicted molar refractivity (Wildman–Crippen MR) is 68.2 cm³/mol. The summed E-state index contributed by atoms with van der Waals surface area (Å²) in [6.07, 6.45) is -0.185. The second-order valence-electron chi connectivity index (χ2n) is 4.43. The smallest absolute Gasteiger partial charge is 0.307 e. The normalized spacial score (nSPS) is 10.6. The molecule has 0 saturated carbocycles. The molecule has 1 N–H and O–H groups in total. The van der Waals surface area contributed by atoms with Crippen molar-refractivity contribution in [1.29, 1.82) is 0 Å². The van der Waals surface area contributed by atoms with E-state index in [1.165, 1.54) is 0 Å². The fraction of sp³-hybridized carbons (Fsp3) is 0.214. The second kappa shape index (κ2) is 5.32. The molecule has 1 aromatic heterocycles. The van der Waals surface area contributed by atoms with Gasteiger partial charge < -0.3 is 5.11 Å². The minimum absolute atomic E-state index is 0.174. The molecule has 6 heteroatoms. The maximum Gasteiger partial charge on any atom is 0.307 e. The highest BCUT2D eigenvalue weighted by Crippen LogP contribution is 2.21. The van der Waals surface area contributed by atoms with Gasteiger partial charge in [-0.1, -0.05) is 0 Å². The lowest BCUT2D eigenvalue weighted by Crippen LogP contribution is -2.08. The molecule has 20 heavy (non-hydrogen) atoms. The molecular formula is C14H12F2N2O2. The second-order valence-corrected chi connectivity index (χ2v) is 4.43. The van der Waals surface area contributed by atoms with Crippen LogP contribution in [0, 0.1) is 25.5 Å². The van der Waals surface area contributed by atoms with Gasteiger partial charge in [0.1, 0.15) is 11.6 Å². The van der Waals surface area contributed by atoms with Crippen molar-refractivity contribution in [2.75, 3.05) is 0 Å². The van der Waals surface area contributed by atoms with E-state index in [1.807, 2.05) is 0 Å². The molecule has 0 aliphatic rings. The number of hydrogen-bond donors (Lipinski definition) is 1. The number of carboxylic acid groups (broad SMARTS) is 1.